The van der Waals surface area contributed by atoms with Crippen LogP contribution < -0.4 is 0 Å². The van der Waals surface area contributed by atoms with Gasteiger partial charge in [0, 0.05) is 18.0 Å². The van der Waals surface area contributed by atoms with Gasteiger partial charge in [-0.05, 0) is 31.0 Å². The fraction of sp³-hybridized carbons (Fsp3) is 0.308. The minimum atomic E-state index is -4.71. The highest BCUT2D eigenvalue weighted by atomic mass is 19.4. The maximum absolute atomic E-state index is 13.1. The molecule has 0 aliphatic rings. The van der Waals surface area contributed by atoms with Crippen LogP contribution in [0.5, 0.6) is 0 Å². The molecular formula is C13H12F3NO2. The number of benzene rings is 1. The molecule has 0 amide bonds. The first-order chi connectivity index (χ1) is 8.64. The van der Waals surface area contributed by atoms with Crippen molar-refractivity contribution in [3.63, 3.8) is 0 Å². The Hall–Kier alpha value is -1.98. The minimum absolute atomic E-state index is 0.146. The Morgan fingerprint density at radius 2 is 1.84 bits per heavy atom. The molecule has 0 spiro atoms. The first-order valence-corrected chi connectivity index (χ1v) is 5.54. The van der Waals surface area contributed by atoms with Gasteiger partial charge in [-0.15, -0.1) is 0 Å². The Kier molecular flexibility index (Phi) is 2.84. The van der Waals surface area contributed by atoms with Crippen molar-refractivity contribution in [3.05, 3.63) is 34.5 Å². The van der Waals surface area contributed by atoms with Crippen LogP contribution in [0.3, 0.4) is 0 Å². The molecule has 102 valence electrons. The van der Waals surface area contributed by atoms with E-state index in [9.17, 15) is 18.0 Å². The van der Waals surface area contributed by atoms with Crippen molar-refractivity contribution in [2.75, 3.05) is 0 Å². The van der Waals surface area contributed by atoms with E-state index in [-0.39, 0.29) is 10.9 Å². The number of fused-ring (bicyclic) bond motifs is 1. The average Bonchev–Trinajstić information content (AvgIpc) is 2.52. The molecule has 6 heteroatoms. The Morgan fingerprint density at radius 3 is 2.32 bits per heavy atom. The van der Waals surface area contributed by atoms with Gasteiger partial charge in [0.25, 0.3) is 0 Å². The topological polar surface area (TPSA) is 42.2 Å². The fourth-order valence-corrected chi connectivity index (χ4v) is 2.48. The summed E-state index contributed by atoms with van der Waals surface area (Å²) in [6, 6.07) is 3.24. The van der Waals surface area contributed by atoms with Crippen LogP contribution >= 0.6 is 0 Å². The Bertz CT molecular complexity index is 683. The molecule has 0 aliphatic carbocycles. The minimum Gasteiger partial charge on any atom is -0.478 e. The van der Waals surface area contributed by atoms with Crippen LogP contribution in [0.1, 0.15) is 27.2 Å². The first-order valence-electron chi connectivity index (χ1n) is 5.54. The monoisotopic (exact) mass is 271 g/mol. The summed E-state index contributed by atoms with van der Waals surface area (Å²) in [5, 5.41) is 9.27. The lowest BCUT2D eigenvalue weighted by molar-refractivity contribution is -0.143. The summed E-state index contributed by atoms with van der Waals surface area (Å²) in [7, 11) is 1.23. The molecule has 0 saturated heterocycles. The van der Waals surface area contributed by atoms with Crippen LogP contribution in [0, 0.1) is 13.8 Å². The van der Waals surface area contributed by atoms with Gasteiger partial charge >= 0.3 is 12.1 Å². The molecule has 1 aromatic heterocycles. The van der Waals surface area contributed by atoms with Gasteiger partial charge in [0.15, 0.2) is 0 Å². The summed E-state index contributed by atoms with van der Waals surface area (Å²) in [6.07, 6.45) is -4.71. The van der Waals surface area contributed by atoms with Crippen molar-refractivity contribution in [1.29, 1.82) is 0 Å². The predicted molar refractivity (Wildman–Crippen MR) is 64.4 cm³/mol. The van der Waals surface area contributed by atoms with E-state index in [0.29, 0.717) is 5.56 Å². The number of aryl methyl sites for hydroxylation is 3. The van der Waals surface area contributed by atoms with Crippen molar-refractivity contribution in [2.24, 2.45) is 7.05 Å². The number of hydrogen-bond donors (Lipinski definition) is 1. The SMILES string of the molecule is Cc1cc(C)c2c(C(=O)O)c(C(F)(F)F)n(C)c2c1. The number of aromatic nitrogens is 1. The molecule has 19 heavy (non-hydrogen) atoms. The van der Waals surface area contributed by atoms with Crippen molar-refractivity contribution >= 4 is 16.9 Å². The molecule has 1 N–H and O–H groups in total. The Labute approximate surface area is 107 Å². The summed E-state index contributed by atoms with van der Waals surface area (Å²) in [4.78, 5) is 11.2. The standard InChI is InChI=1S/C13H12F3NO2/c1-6-4-7(2)9-8(5-6)17(3)11(13(14,15)16)10(9)12(18)19/h4-5H,1-3H3,(H,18,19). The highest BCUT2D eigenvalue weighted by molar-refractivity contribution is 6.06. The van der Waals surface area contributed by atoms with Gasteiger partial charge in [-0.25, -0.2) is 4.79 Å². The van der Waals surface area contributed by atoms with E-state index in [1.54, 1.807) is 26.0 Å². The van der Waals surface area contributed by atoms with E-state index < -0.39 is 23.4 Å². The maximum atomic E-state index is 13.1. The van der Waals surface area contributed by atoms with E-state index in [2.05, 4.69) is 0 Å². The molecule has 0 aliphatic heterocycles. The highest BCUT2D eigenvalue weighted by Gasteiger charge is 2.40. The number of rotatable bonds is 1. The molecule has 2 rings (SSSR count). The lowest BCUT2D eigenvalue weighted by atomic mass is 10.0. The van der Waals surface area contributed by atoms with Crippen molar-refractivity contribution in [3.8, 4) is 0 Å². The maximum Gasteiger partial charge on any atom is 0.432 e. The van der Waals surface area contributed by atoms with Crippen LogP contribution in [0.25, 0.3) is 10.9 Å². The van der Waals surface area contributed by atoms with Gasteiger partial charge in [0.1, 0.15) is 5.69 Å². The zero-order chi connectivity index (χ0) is 14.5. The van der Waals surface area contributed by atoms with E-state index >= 15 is 0 Å². The van der Waals surface area contributed by atoms with Crippen molar-refractivity contribution < 1.29 is 23.1 Å². The predicted octanol–water partition coefficient (Wildman–Crippen LogP) is 3.51. The zero-order valence-corrected chi connectivity index (χ0v) is 10.6. The molecular weight excluding hydrogens is 259 g/mol. The van der Waals surface area contributed by atoms with E-state index in [0.717, 1.165) is 10.1 Å². The second-order valence-corrected chi connectivity index (χ2v) is 4.56. The highest BCUT2D eigenvalue weighted by Crippen LogP contribution is 2.39. The third-order valence-corrected chi connectivity index (χ3v) is 3.12. The largest absolute Gasteiger partial charge is 0.478 e. The van der Waals surface area contributed by atoms with E-state index in [4.69, 9.17) is 5.11 Å². The van der Waals surface area contributed by atoms with Crippen LogP contribution in [0.2, 0.25) is 0 Å². The number of aromatic carboxylic acids is 1. The summed E-state index contributed by atoms with van der Waals surface area (Å²) >= 11 is 0. The third kappa shape index (κ3) is 1.97. The number of carboxylic acids is 1. The summed E-state index contributed by atoms with van der Waals surface area (Å²) in [6.45, 7) is 3.37. The third-order valence-electron chi connectivity index (χ3n) is 3.12. The molecule has 1 aromatic carbocycles. The van der Waals surface area contributed by atoms with Gasteiger partial charge in [-0.1, -0.05) is 6.07 Å². The lowest BCUT2D eigenvalue weighted by Crippen LogP contribution is -2.15. The second kappa shape index (κ2) is 4.01. The van der Waals surface area contributed by atoms with Crippen molar-refractivity contribution in [2.45, 2.75) is 20.0 Å². The van der Waals surface area contributed by atoms with Gasteiger partial charge in [-0.2, -0.15) is 13.2 Å². The van der Waals surface area contributed by atoms with Crippen LogP contribution in [0.15, 0.2) is 12.1 Å². The van der Waals surface area contributed by atoms with Gasteiger partial charge < -0.3 is 9.67 Å². The molecule has 3 nitrogen and oxygen atoms in total. The van der Waals surface area contributed by atoms with E-state index in [1.807, 2.05) is 0 Å². The average molecular weight is 271 g/mol. The number of halogens is 3. The molecule has 2 aromatic rings. The Morgan fingerprint density at radius 1 is 1.26 bits per heavy atom. The molecule has 1 heterocycles. The quantitative estimate of drug-likeness (QED) is 0.862. The second-order valence-electron chi connectivity index (χ2n) is 4.56. The number of carbonyl (C=O) groups is 1. The molecule has 0 radical (unpaired) electrons. The number of nitrogens with zero attached hydrogens (tertiary/aromatic N) is 1. The smallest absolute Gasteiger partial charge is 0.432 e. The van der Waals surface area contributed by atoms with E-state index in [1.165, 1.54) is 7.05 Å². The molecule has 0 atom stereocenters. The number of carboxylic acid groups (broad SMARTS) is 1. The van der Waals surface area contributed by atoms with Gasteiger partial charge in [0.05, 0.1) is 5.56 Å². The lowest BCUT2D eigenvalue weighted by Gasteiger charge is -2.09. The normalized spacial score (nSPS) is 12.1. The fourth-order valence-electron chi connectivity index (χ4n) is 2.48. The summed E-state index contributed by atoms with van der Waals surface area (Å²) < 4.78 is 40.1. The molecule has 0 fully saturated rings. The van der Waals surface area contributed by atoms with Gasteiger partial charge in [0.2, 0.25) is 0 Å². The Balaban J connectivity index is 3.05. The number of alkyl halides is 3. The number of hydrogen-bond acceptors (Lipinski definition) is 1. The van der Waals surface area contributed by atoms with Crippen molar-refractivity contribution in [1.82, 2.24) is 4.57 Å². The summed E-state index contributed by atoms with van der Waals surface area (Å²) in [5.74, 6) is -1.56. The molecule has 0 unspecified atom stereocenters. The van der Waals surface area contributed by atoms with Crippen LogP contribution in [-0.4, -0.2) is 15.6 Å². The zero-order valence-electron chi connectivity index (χ0n) is 10.6. The first kappa shape index (κ1) is 13.5. The van der Waals surface area contributed by atoms with Crippen LogP contribution in [-0.2, 0) is 13.2 Å². The van der Waals surface area contributed by atoms with Gasteiger partial charge in [-0.3, -0.25) is 0 Å². The van der Waals surface area contributed by atoms with Crippen LogP contribution in [0.4, 0.5) is 13.2 Å². The summed E-state index contributed by atoms with van der Waals surface area (Å²) in [5.41, 5.74) is -0.205. The molecule has 0 saturated carbocycles. The molecule has 0 bridgehead atoms.